The van der Waals surface area contributed by atoms with E-state index in [2.05, 4.69) is 78.9 Å². The molecule has 4 nitrogen and oxygen atoms in total. The Hall–Kier alpha value is -1.63. The van der Waals surface area contributed by atoms with Gasteiger partial charge in [-0.05, 0) is 61.3 Å². The molecule has 1 aromatic carbocycles. The van der Waals surface area contributed by atoms with Crippen molar-refractivity contribution >= 4 is 34.8 Å². The van der Waals surface area contributed by atoms with Crippen molar-refractivity contribution in [3.63, 3.8) is 0 Å². The summed E-state index contributed by atoms with van der Waals surface area (Å²) in [4.78, 5) is 9.00. The molecule has 0 aliphatic carbocycles. The maximum atomic E-state index is 5.75. The number of thioether (sulfide) groups is 1. The molecule has 2 rings (SSSR count). The van der Waals surface area contributed by atoms with Gasteiger partial charge in [-0.25, -0.2) is 0 Å². The molecular formula is C19H27N4S2+. The van der Waals surface area contributed by atoms with Crippen molar-refractivity contribution < 1.29 is 4.90 Å². The summed E-state index contributed by atoms with van der Waals surface area (Å²) in [6.45, 7) is 4.09. The lowest BCUT2D eigenvalue weighted by Crippen LogP contribution is -3.06. The van der Waals surface area contributed by atoms with Crippen LogP contribution < -0.4 is 10.2 Å². The van der Waals surface area contributed by atoms with Crippen molar-refractivity contribution in [2.45, 2.75) is 17.9 Å². The molecule has 2 N–H and O–H groups in total. The molecule has 1 unspecified atom stereocenters. The van der Waals surface area contributed by atoms with Crippen molar-refractivity contribution in [2.75, 3.05) is 38.8 Å². The van der Waals surface area contributed by atoms with E-state index in [1.165, 1.54) is 15.4 Å². The lowest BCUT2D eigenvalue weighted by Gasteiger charge is -2.32. The first kappa shape index (κ1) is 19.7. The molecule has 2 aromatic rings. The molecular weight excluding hydrogens is 348 g/mol. The van der Waals surface area contributed by atoms with Crippen molar-refractivity contribution in [3.8, 4) is 0 Å². The highest BCUT2D eigenvalue weighted by Gasteiger charge is 2.20. The SMILES string of the molecule is CSc1cccc(NC(=S)N(CC[NH+](C)C)C(C)c2ccncc2)c1. The van der Waals surface area contributed by atoms with Crippen LogP contribution in [0.2, 0.25) is 0 Å². The highest BCUT2D eigenvalue weighted by Crippen LogP contribution is 2.22. The van der Waals surface area contributed by atoms with E-state index in [1.54, 1.807) is 11.8 Å². The van der Waals surface area contributed by atoms with Crippen LogP contribution in [0.15, 0.2) is 53.7 Å². The van der Waals surface area contributed by atoms with Gasteiger partial charge in [0.2, 0.25) is 0 Å². The zero-order valence-electron chi connectivity index (χ0n) is 15.3. The van der Waals surface area contributed by atoms with Crippen LogP contribution in [0.5, 0.6) is 0 Å². The largest absolute Gasteiger partial charge is 0.338 e. The molecule has 0 aliphatic heterocycles. The number of benzene rings is 1. The number of nitrogens with one attached hydrogen (secondary N) is 2. The number of thiocarbonyl (C=S) groups is 1. The molecule has 0 radical (unpaired) electrons. The fourth-order valence-corrected chi connectivity index (χ4v) is 3.36. The Kier molecular flexibility index (Phi) is 7.68. The Morgan fingerprint density at radius 3 is 2.64 bits per heavy atom. The maximum absolute atomic E-state index is 5.75. The lowest BCUT2D eigenvalue weighted by atomic mass is 10.1. The second kappa shape index (κ2) is 9.75. The lowest BCUT2D eigenvalue weighted by molar-refractivity contribution is -0.857. The van der Waals surface area contributed by atoms with Gasteiger partial charge in [-0.2, -0.15) is 0 Å². The summed E-state index contributed by atoms with van der Waals surface area (Å²) in [7, 11) is 4.32. The number of nitrogens with zero attached hydrogens (tertiary/aromatic N) is 2. The van der Waals surface area contributed by atoms with Crippen LogP contribution in [-0.4, -0.2) is 48.4 Å². The highest BCUT2D eigenvalue weighted by atomic mass is 32.2. The molecule has 0 aliphatic rings. The Morgan fingerprint density at radius 1 is 1.28 bits per heavy atom. The molecule has 1 atom stereocenters. The van der Waals surface area contributed by atoms with Crippen LogP contribution in [0, 0.1) is 0 Å². The zero-order chi connectivity index (χ0) is 18.2. The van der Waals surface area contributed by atoms with Gasteiger partial charge in [0.1, 0.15) is 0 Å². The van der Waals surface area contributed by atoms with Gasteiger partial charge in [-0.1, -0.05) is 6.07 Å². The summed E-state index contributed by atoms with van der Waals surface area (Å²) in [6, 6.07) is 12.6. The van der Waals surface area contributed by atoms with E-state index >= 15 is 0 Å². The Morgan fingerprint density at radius 2 is 2.00 bits per heavy atom. The summed E-state index contributed by atoms with van der Waals surface area (Å²) in [6.07, 6.45) is 5.74. The third kappa shape index (κ3) is 5.99. The van der Waals surface area contributed by atoms with Crippen LogP contribution in [-0.2, 0) is 0 Å². The van der Waals surface area contributed by atoms with E-state index in [-0.39, 0.29) is 6.04 Å². The van der Waals surface area contributed by atoms with Gasteiger partial charge >= 0.3 is 0 Å². The minimum Gasteiger partial charge on any atom is -0.338 e. The van der Waals surface area contributed by atoms with Crippen molar-refractivity contribution in [3.05, 3.63) is 54.4 Å². The molecule has 0 fully saturated rings. The second-order valence-corrected chi connectivity index (χ2v) is 7.54. The van der Waals surface area contributed by atoms with E-state index in [4.69, 9.17) is 12.2 Å². The van der Waals surface area contributed by atoms with Crippen LogP contribution in [0.4, 0.5) is 5.69 Å². The minimum absolute atomic E-state index is 0.186. The first-order valence-electron chi connectivity index (χ1n) is 8.42. The zero-order valence-corrected chi connectivity index (χ0v) is 17.0. The van der Waals surface area contributed by atoms with Crippen LogP contribution in [0.3, 0.4) is 0 Å². The fraction of sp³-hybridized carbons (Fsp3) is 0.368. The normalized spacial score (nSPS) is 12.0. The third-order valence-electron chi connectivity index (χ3n) is 4.09. The van der Waals surface area contributed by atoms with E-state index in [0.29, 0.717) is 0 Å². The quantitative estimate of drug-likeness (QED) is 0.574. The predicted octanol–water partition coefficient (Wildman–Crippen LogP) is 2.71. The molecule has 0 saturated heterocycles. The Balaban J connectivity index is 2.17. The van der Waals surface area contributed by atoms with E-state index in [9.17, 15) is 0 Å². The topological polar surface area (TPSA) is 32.6 Å². The van der Waals surface area contributed by atoms with Gasteiger partial charge in [0.15, 0.2) is 5.11 Å². The van der Waals surface area contributed by atoms with Crippen molar-refractivity contribution in [2.24, 2.45) is 0 Å². The van der Waals surface area contributed by atoms with Gasteiger partial charge in [-0.3, -0.25) is 4.98 Å². The van der Waals surface area contributed by atoms with E-state index < -0.39 is 0 Å². The summed E-state index contributed by atoms with van der Waals surface area (Å²) in [5.74, 6) is 0. The standard InChI is InChI=1S/C19H26N4S2/c1-15(16-8-10-20-11-9-16)23(13-12-22(2)3)19(24)21-17-6-5-7-18(14-17)25-4/h5-11,14-15H,12-13H2,1-4H3,(H,21,24)/p+1. The molecule has 0 amide bonds. The summed E-state index contributed by atoms with van der Waals surface area (Å²) >= 11 is 7.48. The number of pyridine rings is 1. The third-order valence-corrected chi connectivity index (χ3v) is 5.15. The van der Waals surface area contributed by atoms with Crippen molar-refractivity contribution in [1.29, 1.82) is 0 Å². The first-order chi connectivity index (χ1) is 12.0. The number of aromatic nitrogens is 1. The van der Waals surface area contributed by atoms with Crippen molar-refractivity contribution in [1.82, 2.24) is 9.88 Å². The number of hydrogen-bond donors (Lipinski definition) is 2. The second-order valence-electron chi connectivity index (χ2n) is 6.27. The van der Waals surface area contributed by atoms with Gasteiger partial charge < -0.3 is 15.1 Å². The molecule has 25 heavy (non-hydrogen) atoms. The molecule has 6 heteroatoms. The number of likely N-dealkylation sites (N-methyl/N-ethyl adjacent to an activating group) is 1. The number of quaternary nitrogens is 1. The first-order valence-corrected chi connectivity index (χ1v) is 10.0. The molecule has 1 aromatic heterocycles. The molecule has 134 valence electrons. The van der Waals surface area contributed by atoms with Gasteiger partial charge in [-0.15, -0.1) is 11.8 Å². The minimum atomic E-state index is 0.186. The predicted molar refractivity (Wildman–Crippen MR) is 111 cm³/mol. The molecule has 0 bridgehead atoms. The number of rotatable bonds is 7. The van der Waals surface area contributed by atoms with Gasteiger partial charge in [0.25, 0.3) is 0 Å². The highest BCUT2D eigenvalue weighted by molar-refractivity contribution is 7.98. The van der Waals surface area contributed by atoms with Gasteiger partial charge in [0, 0.05) is 23.0 Å². The number of anilines is 1. The van der Waals surface area contributed by atoms with Crippen LogP contribution in [0.1, 0.15) is 18.5 Å². The number of hydrogen-bond acceptors (Lipinski definition) is 3. The van der Waals surface area contributed by atoms with E-state index in [0.717, 1.165) is 23.9 Å². The molecule has 0 saturated carbocycles. The summed E-state index contributed by atoms with van der Waals surface area (Å²) < 4.78 is 0. The average Bonchev–Trinajstić information content (AvgIpc) is 2.62. The van der Waals surface area contributed by atoms with Gasteiger partial charge in [0.05, 0.1) is 33.2 Å². The van der Waals surface area contributed by atoms with E-state index in [1.807, 2.05) is 12.4 Å². The Bertz CT molecular complexity index is 676. The monoisotopic (exact) mass is 375 g/mol. The summed E-state index contributed by atoms with van der Waals surface area (Å²) in [5.41, 5.74) is 2.24. The van der Waals surface area contributed by atoms with Crippen LogP contribution >= 0.6 is 24.0 Å². The maximum Gasteiger partial charge on any atom is 0.174 e. The summed E-state index contributed by atoms with van der Waals surface area (Å²) in [5, 5.41) is 4.16. The fourth-order valence-electron chi connectivity index (χ4n) is 2.53. The van der Waals surface area contributed by atoms with Crippen LogP contribution in [0.25, 0.3) is 0 Å². The smallest absolute Gasteiger partial charge is 0.174 e. The molecule has 1 heterocycles. The Labute approximate surface area is 160 Å². The average molecular weight is 376 g/mol. The molecule has 0 spiro atoms.